The van der Waals surface area contributed by atoms with Crippen molar-refractivity contribution in [1.29, 1.82) is 0 Å². The predicted molar refractivity (Wildman–Crippen MR) is 66.6 cm³/mol. The average Bonchev–Trinajstić information content (AvgIpc) is 2.67. The van der Waals surface area contributed by atoms with Crippen molar-refractivity contribution in [2.24, 2.45) is 5.92 Å². The molecule has 1 aromatic rings. The molecule has 3 heteroatoms. The number of hydrogen-bond acceptors (Lipinski definition) is 2. The van der Waals surface area contributed by atoms with Gasteiger partial charge in [-0.25, -0.2) is 0 Å². The summed E-state index contributed by atoms with van der Waals surface area (Å²) >= 11 is 0. The Labute approximate surface area is 98.0 Å². The van der Waals surface area contributed by atoms with Gasteiger partial charge in [-0.1, -0.05) is 20.8 Å². The van der Waals surface area contributed by atoms with Crippen molar-refractivity contribution >= 4 is 0 Å². The fourth-order valence-corrected chi connectivity index (χ4v) is 2.51. The maximum atomic E-state index is 4.21. The lowest BCUT2D eigenvalue weighted by Gasteiger charge is -2.24. The summed E-state index contributed by atoms with van der Waals surface area (Å²) in [5, 5.41) is 10.8. The summed E-state index contributed by atoms with van der Waals surface area (Å²) in [6.45, 7) is 9.08. The molecule has 1 aliphatic rings. The minimum Gasteiger partial charge on any atom is -0.317 e. The zero-order chi connectivity index (χ0) is 11.6. The van der Waals surface area contributed by atoms with E-state index in [4.69, 9.17) is 0 Å². The van der Waals surface area contributed by atoms with E-state index in [-0.39, 0.29) is 5.41 Å². The maximum absolute atomic E-state index is 4.21. The van der Waals surface area contributed by atoms with Gasteiger partial charge in [0.15, 0.2) is 0 Å². The molecule has 0 aromatic carbocycles. The fourth-order valence-electron chi connectivity index (χ4n) is 2.51. The van der Waals surface area contributed by atoms with Crippen molar-refractivity contribution < 1.29 is 0 Å². The van der Waals surface area contributed by atoms with Crippen LogP contribution in [0.4, 0.5) is 0 Å². The van der Waals surface area contributed by atoms with Crippen LogP contribution in [0.15, 0.2) is 6.20 Å². The third-order valence-corrected chi connectivity index (χ3v) is 3.44. The van der Waals surface area contributed by atoms with Crippen LogP contribution in [0, 0.1) is 5.92 Å². The van der Waals surface area contributed by atoms with E-state index in [0.29, 0.717) is 0 Å². The van der Waals surface area contributed by atoms with Gasteiger partial charge in [0.2, 0.25) is 0 Å². The van der Waals surface area contributed by atoms with Crippen LogP contribution in [0.25, 0.3) is 0 Å². The molecule has 1 aromatic heterocycles. The molecular formula is C13H23N3. The van der Waals surface area contributed by atoms with E-state index in [9.17, 15) is 0 Å². The monoisotopic (exact) mass is 221 g/mol. The summed E-state index contributed by atoms with van der Waals surface area (Å²) < 4.78 is 0. The van der Waals surface area contributed by atoms with E-state index in [1.165, 1.54) is 43.6 Å². The number of nitrogens with one attached hydrogen (secondary N) is 2. The molecule has 0 radical (unpaired) electrons. The Balaban J connectivity index is 2.06. The molecule has 1 saturated heterocycles. The topological polar surface area (TPSA) is 40.7 Å². The molecule has 1 fully saturated rings. The van der Waals surface area contributed by atoms with Crippen LogP contribution >= 0.6 is 0 Å². The Hall–Kier alpha value is -0.830. The van der Waals surface area contributed by atoms with Gasteiger partial charge < -0.3 is 5.32 Å². The summed E-state index contributed by atoms with van der Waals surface area (Å²) in [6.07, 6.45) is 5.80. The molecule has 0 unspecified atom stereocenters. The molecule has 0 spiro atoms. The van der Waals surface area contributed by atoms with Crippen LogP contribution in [0.5, 0.6) is 0 Å². The molecule has 0 atom stereocenters. The van der Waals surface area contributed by atoms with E-state index in [1.807, 2.05) is 6.20 Å². The first-order chi connectivity index (χ1) is 7.57. The number of H-pyrrole nitrogens is 1. The lowest BCUT2D eigenvalue weighted by molar-refractivity contribution is 0.370. The number of aromatic nitrogens is 2. The highest BCUT2D eigenvalue weighted by atomic mass is 15.1. The second kappa shape index (κ2) is 4.58. The SMILES string of the molecule is CC(C)(C)c1[nH]ncc1CC1CCNCC1. The molecule has 2 N–H and O–H groups in total. The number of aromatic amines is 1. The van der Waals surface area contributed by atoms with Crippen molar-refractivity contribution in [2.75, 3.05) is 13.1 Å². The first-order valence-electron chi connectivity index (χ1n) is 6.31. The van der Waals surface area contributed by atoms with Crippen molar-refractivity contribution in [2.45, 2.75) is 45.4 Å². The van der Waals surface area contributed by atoms with Crippen LogP contribution in [0.2, 0.25) is 0 Å². The molecule has 0 aliphatic carbocycles. The van der Waals surface area contributed by atoms with Crippen LogP contribution in [-0.2, 0) is 11.8 Å². The highest BCUT2D eigenvalue weighted by Crippen LogP contribution is 2.27. The molecule has 16 heavy (non-hydrogen) atoms. The van der Waals surface area contributed by atoms with Crippen molar-refractivity contribution in [1.82, 2.24) is 15.5 Å². The Bertz CT molecular complexity index is 329. The Morgan fingerprint density at radius 1 is 1.31 bits per heavy atom. The van der Waals surface area contributed by atoms with Crippen LogP contribution in [0.1, 0.15) is 44.9 Å². The van der Waals surface area contributed by atoms with E-state index in [0.717, 1.165) is 5.92 Å². The second-order valence-electron chi connectivity index (χ2n) is 5.92. The van der Waals surface area contributed by atoms with E-state index in [2.05, 4.69) is 36.3 Å². The molecule has 90 valence electrons. The number of piperidine rings is 1. The van der Waals surface area contributed by atoms with E-state index < -0.39 is 0 Å². The highest BCUT2D eigenvalue weighted by Gasteiger charge is 2.22. The quantitative estimate of drug-likeness (QED) is 0.804. The zero-order valence-electron chi connectivity index (χ0n) is 10.6. The van der Waals surface area contributed by atoms with Crippen molar-refractivity contribution in [3.8, 4) is 0 Å². The molecule has 2 heterocycles. The summed E-state index contributed by atoms with van der Waals surface area (Å²) in [4.78, 5) is 0. The molecule has 1 aliphatic heterocycles. The van der Waals surface area contributed by atoms with E-state index >= 15 is 0 Å². The first-order valence-corrected chi connectivity index (χ1v) is 6.31. The lowest BCUT2D eigenvalue weighted by Crippen LogP contribution is -2.29. The largest absolute Gasteiger partial charge is 0.317 e. The van der Waals surface area contributed by atoms with Crippen molar-refractivity contribution in [3.05, 3.63) is 17.5 Å². The number of rotatable bonds is 2. The zero-order valence-corrected chi connectivity index (χ0v) is 10.6. The van der Waals surface area contributed by atoms with Crippen LogP contribution in [0.3, 0.4) is 0 Å². The molecule has 0 bridgehead atoms. The number of nitrogens with zero attached hydrogens (tertiary/aromatic N) is 1. The molecule has 2 rings (SSSR count). The highest BCUT2D eigenvalue weighted by molar-refractivity contribution is 5.23. The number of hydrogen-bond donors (Lipinski definition) is 2. The maximum Gasteiger partial charge on any atom is 0.0522 e. The standard InChI is InChI=1S/C13H23N3/c1-13(2,3)12-11(9-15-16-12)8-10-4-6-14-7-5-10/h9-10,14H,4-8H2,1-3H3,(H,15,16). The second-order valence-corrected chi connectivity index (χ2v) is 5.92. The minimum atomic E-state index is 0.179. The third-order valence-electron chi connectivity index (χ3n) is 3.44. The molecular weight excluding hydrogens is 198 g/mol. The van der Waals surface area contributed by atoms with Crippen LogP contribution in [-0.4, -0.2) is 23.3 Å². The normalized spacial score (nSPS) is 18.9. The Morgan fingerprint density at radius 3 is 2.62 bits per heavy atom. The Morgan fingerprint density at radius 2 is 2.00 bits per heavy atom. The molecule has 0 saturated carbocycles. The predicted octanol–water partition coefficient (Wildman–Crippen LogP) is 2.25. The van der Waals surface area contributed by atoms with Gasteiger partial charge >= 0.3 is 0 Å². The van der Waals surface area contributed by atoms with Crippen LogP contribution < -0.4 is 5.32 Å². The Kier molecular flexibility index (Phi) is 3.33. The minimum absolute atomic E-state index is 0.179. The lowest BCUT2D eigenvalue weighted by atomic mass is 9.84. The summed E-state index contributed by atoms with van der Waals surface area (Å²) in [7, 11) is 0. The summed E-state index contributed by atoms with van der Waals surface area (Å²) in [5.41, 5.74) is 2.91. The average molecular weight is 221 g/mol. The third kappa shape index (κ3) is 2.64. The van der Waals surface area contributed by atoms with Gasteiger partial charge in [-0.3, -0.25) is 5.10 Å². The van der Waals surface area contributed by atoms with Gasteiger partial charge in [0.25, 0.3) is 0 Å². The van der Waals surface area contributed by atoms with Gasteiger partial charge in [-0.15, -0.1) is 0 Å². The van der Waals surface area contributed by atoms with Gasteiger partial charge in [0.1, 0.15) is 0 Å². The summed E-state index contributed by atoms with van der Waals surface area (Å²) in [6, 6.07) is 0. The van der Waals surface area contributed by atoms with Gasteiger partial charge in [-0.05, 0) is 43.8 Å². The smallest absolute Gasteiger partial charge is 0.0522 e. The van der Waals surface area contributed by atoms with Gasteiger partial charge in [-0.2, -0.15) is 5.10 Å². The molecule has 0 amide bonds. The fraction of sp³-hybridized carbons (Fsp3) is 0.769. The molecule has 3 nitrogen and oxygen atoms in total. The van der Waals surface area contributed by atoms with E-state index in [1.54, 1.807) is 0 Å². The summed E-state index contributed by atoms with van der Waals surface area (Å²) in [5.74, 6) is 0.833. The van der Waals surface area contributed by atoms with Gasteiger partial charge in [0.05, 0.1) is 6.20 Å². The van der Waals surface area contributed by atoms with Crippen molar-refractivity contribution in [3.63, 3.8) is 0 Å². The first kappa shape index (κ1) is 11.6. The van der Waals surface area contributed by atoms with Gasteiger partial charge in [0, 0.05) is 11.1 Å².